The zero-order valence-corrected chi connectivity index (χ0v) is 18.2. The van der Waals surface area contributed by atoms with E-state index in [1.807, 2.05) is 37.4 Å². The van der Waals surface area contributed by atoms with Crippen LogP contribution >= 0.6 is 11.3 Å². The van der Waals surface area contributed by atoms with E-state index < -0.39 is 22.0 Å². The first kappa shape index (κ1) is 21.0. The predicted octanol–water partition coefficient (Wildman–Crippen LogP) is 2.89. The molecule has 0 aliphatic carbocycles. The average Bonchev–Trinajstić information content (AvgIpc) is 3.32. The summed E-state index contributed by atoms with van der Waals surface area (Å²) < 4.78 is 31.0. The number of aryl methyl sites for hydroxylation is 2. The third-order valence-electron chi connectivity index (χ3n) is 4.46. The maximum absolute atomic E-state index is 12.7. The fourth-order valence-electron chi connectivity index (χ4n) is 2.81. The SMILES string of the molecule is Cc1ccc(N([C@@H](C)C(=O)NCc2nc(-c3cccs3)no2)S(C)(=O)=O)cc1C. The summed E-state index contributed by atoms with van der Waals surface area (Å²) in [5.74, 6) is 0.223. The Kier molecular flexibility index (Phi) is 6.04. The molecule has 3 rings (SSSR count). The molecule has 10 heteroatoms. The summed E-state index contributed by atoms with van der Waals surface area (Å²) >= 11 is 1.48. The first-order valence-corrected chi connectivity index (χ1v) is 11.6. The van der Waals surface area contributed by atoms with Gasteiger partial charge < -0.3 is 9.84 Å². The van der Waals surface area contributed by atoms with Crippen LogP contribution in [0.2, 0.25) is 0 Å². The van der Waals surface area contributed by atoms with E-state index in [2.05, 4.69) is 15.5 Å². The molecular weight excluding hydrogens is 412 g/mol. The van der Waals surface area contributed by atoms with E-state index in [1.165, 1.54) is 18.3 Å². The molecule has 2 aromatic heterocycles. The van der Waals surface area contributed by atoms with Crippen LogP contribution in [0.5, 0.6) is 0 Å². The number of amides is 1. The number of thiophene rings is 1. The van der Waals surface area contributed by atoms with Gasteiger partial charge in [-0.3, -0.25) is 9.10 Å². The standard InChI is InChI=1S/C19H22N4O4S2/c1-12-7-8-15(10-13(12)2)23(29(4,25)26)14(3)19(24)20-11-17-21-18(22-27-17)16-6-5-9-28-16/h5-10,14H,11H2,1-4H3,(H,20,24)/t14-/m0/s1. The Balaban J connectivity index is 1.73. The highest BCUT2D eigenvalue weighted by Gasteiger charge is 2.29. The van der Waals surface area contributed by atoms with E-state index in [1.54, 1.807) is 12.1 Å². The second-order valence-corrected chi connectivity index (χ2v) is 9.52. The van der Waals surface area contributed by atoms with Gasteiger partial charge in [0.25, 0.3) is 0 Å². The lowest BCUT2D eigenvalue weighted by molar-refractivity contribution is -0.122. The first-order chi connectivity index (χ1) is 13.7. The van der Waals surface area contributed by atoms with Gasteiger partial charge in [-0.2, -0.15) is 4.98 Å². The number of aromatic nitrogens is 2. The molecule has 1 atom stereocenters. The van der Waals surface area contributed by atoms with Crippen LogP contribution in [0.1, 0.15) is 23.9 Å². The number of nitrogens with zero attached hydrogens (tertiary/aromatic N) is 3. The van der Waals surface area contributed by atoms with Crippen molar-refractivity contribution in [2.45, 2.75) is 33.4 Å². The monoisotopic (exact) mass is 434 g/mol. The van der Waals surface area contributed by atoms with Gasteiger partial charge in [-0.1, -0.05) is 17.3 Å². The molecule has 0 unspecified atom stereocenters. The summed E-state index contributed by atoms with van der Waals surface area (Å²) in [6, 6.07) is 8.08. The number of benzene rings is 1. The lowest BCUT2D eigenvalue weighted by atomic mass is 10.1. The Hall–Kier alpha value is -2.72. The van der Waals surface area contributed by atoms with Crippen molar-refractivity contribution >= 4 is 33.0 Å². The summed E-state index contributed by atoms with van der Waals surface area (Å²) in [6.45, 7) is 5.38. The number of nitrogens with one attached hydrogen (secondary N) is 1. The van der Waals surface area contributed by atoms with E-state index in [0.717, 1.165) is 26.6 Å². The second-order valence-electron chi connectivity index (χ2n) is 6.71. The molecule has 3 aromatic rings. The van der Waals surface area contributed by atoms with Crippen LogP contribution in [0.15, 0.2) is 40.2 Å². The zero-order valence-electron chi connectivity index (χ0n) is 16.5. The second kappa shape index (κ2) is 8.34. The van der Waals surface area contributed by atoms with Gasteiger partial charge in [0.15, 0.2) is 0 Å². The minimum atomic E-state index is -3.68. The number of hydrogen-bond donors (Lipinski definition) is 1. The van der Waals surface area contributed by atoms with Crippen LogP contribution < -0.4 is 9.62 Å². The van der Waals surface area contributed by atoms with Gasteiger partial charge in [0.05, 0.1) is 23.4 Å². The third kappa shape index (κ3) is 4.83. The van der Waals surface area contributed by atoms with Crippen LogP contribution in [0.25, 0.3) is 10.7 Å². The Morgan fingerprint density at radius 3 is 2.66 bits per heavy atom. The van der Waals surface area contributed by atoms with Crippen molar-refractivity contribution in [1.29, 1.82) is 0 Å². The molecule has 29 heavy (non-hydrogen) atoms. The number of carbonyl (C=O) groups is 1. The molecule has 0 saturated heterocycles. The molecule has 0 aliphatic rings. The maximum Gasteiger partial charge on any atom is 0.246 e. The number of carbonyl (C=O) groups excluding carboxylic acids is 1. The molecule has 1 N–H and O–H groups in total. The van der Waals surface area contributed by atoms with Crippen LogP contribution in [0.4, 0.5) is 5.69 Å². The largest absolute Gasteiger partial charge is 0.345 e. The summed E-state index contributed by atoms with van der Waals surface area (Å²) in [5.41, 5.74) is 2.42. The van der Waals surface area contributed by atoms with Gasteiger partial charge in [-0.05, 0) is 55.5 Å². The van der Waals surface area contributed by atoms with Gasteiger partial charge >= 0.3 is 0 Å². The van der Waals surface area contributed by atoms with Crippen LogP contribution in [-0.2, 0) is 21.4 Å². The predicted molar refractivity (Wildman–Crippen MR) is 112 cm³/mol. The maximum atomic E-state index is 12.7. The smallest absolute Gasteiger partial charge is 0.246 e. The number of sulfonamides is 1. The molecule has 0 bridgehead atoms. The van der Waals surface area contributed by atoms with Gasteiger partial charge in [-0.15, -0.1) is 11.3 Å². The van der Waals surface area contributed by atoms with Gasteiger partial charge in [0.2, 0.25) is 27.6 Å². The van der Waals surface area contributed by atoms with Crippen molar-refractivity contribution in [3.8, 4) is 10.7 Å². The Bertz CT molecular complexity index is 1110. The number of anilines is 1. The Morgan fingerprint density at radius 2 is 2.03 bits per heavy atom. The van der Waals surface area contributed by atoms with Gasteiger partial charge in [-0.25, -0.2) is 8.42 Å². The van der Waals surface area contributed by atoms with Crippen LogP contribution in [0, 0.1) is 13.8 Å². The molecule has 0 fully saturated rings. The molecule has 0 saturated carbocycles. The van der Waals surface area contributed by atoms with E-state index >= 15 is 0 Å². The van der Waals surface area contributed by atoms with Gasteiger partial charge in [0.1, 0.15) is 6.04 Å². The lowest BCUT2D eigenvalue weighted by Gasteiger charge is -2.28. The summed E-state index contributed by atoms with van der Waals surface area (Å²) in [4.78, 5) is 17.8. The Morgan fingerprint density at radius 1 is 1.28 bits per heavy atom. The summed E-state index contributed by atoms with van der Waals surface area (Å²) in [5, 5.41) is 8.46. The van der Waals surface area contributed by atoms with E-state index in [9.17, 15) is 13.2 Å². The van der Waals surface area contributed by atoms with E-state index in [-0.39, 0.29) is 12.4 Å². The molecule has 8 nitrogen and oxygen atoms in total. The van der Waals surface area contributed by atoms with Crippen LogP contribution in [0.3, 0.4) is 0 Å². The van der Waals surface area contributed by atoms with Crippen molar-refractivity contribution in [2.24, 2.45) is 0 Å². The normalized spacial score (nSPS) is 12.6. The minimum Gasteiger partial charge on any atom is -0.345 e. The molecule has 2 heterocycles. The lowest BCUT2D eigenvalue weighted by Crippen LogP contribution is -2.47. The quantitative estimate of drug-likeness (QED) is 0.613. The molecule has 0 spiro atoms. The number of hydrogen-bond acceptors (Lipinski definition) is 7. The Labute approximate surface area is 173 Å². The highest BCUT2D eigenvalue weighted by atomic mass is 32.2. The molecule has 1 aromatic carbocycles. The number of rotatable bonds is 7. The van der Waals surface area contributed by atoms with Crippen molar-refractivity contribution in [2.75, 3.05) is 10.6 Å². The molecule has 0 aliphatic heterocycles. The zero-order chi connectivity index (χ0) is 21.2. The fourth-order valence-corrected chi connectivity index (χ4v) is 4.63. The fraction of sp³-hybridized carbons (Fsp3) is 0.316. The summed E-state index contributed by atoms with van der Waals surface area (Å²) in [7, 11) is -3.68. The average molecular weight is 435 g/mol. The van der Waals surface area contributed by atoms with Crippen molar-refractivity contribution in [1.82, 2.24) is 15.5 Å². The topological polar surface area (TPSA) is 105 Å². The van der Waals surface area contributed by atoms with Crippen LogP contribution in [-0.4, -0.2) is 36.8 Å². The molecular formula is C19H22N4O4S2. The first-order valence-electron chi connectivity index (χ1n) is 8.87. The van der Waals surface area contributed by atoms with Crippen molar-refractivity contribution < 1.29 is 17.7 Å². The van der Waals surface area contributed by atoms with E-state index in [0.29, 0.717) is 11.5 Å². The van der Waals surface area contributed by atoms with E-state index in [4.69, 9.17) is 4.52 Å². The summed E-state index contributed by atoms with van der Waals surface area (Å²) in [6.07, 6.45) is 1.08. The molecule has 0 radical (unpaired) electrons. The van der Waals surface area contributed by atoms with Crippen molar-refractivity contribution in [3.05, 3.63) is 52.7 Å². The third-order valence-corrected chi connectivity index (χ3v) is 6.56. The highest BCUT2D eigenvalue weighted by Crippen LogP contribution is 2.24. The highest BCUT2D eigenvalue weighted by molar-refractivity contribution is 7.92. The van der Waals surface area contributed by atoms with Crippen molar-refractivity contribution in [3.63, 3.8) is 0 Å². The van der Waals surface area contributed by atoms with Gasteiger partial charge in [0, 0.05) is 0 Å². The molecule has 154 valence electrons. The minimum absolute atomic E-state index is 0.00603. The molecule has 1 amide bonds.